The molecule has 0 N–H and O–H groups in total. The Balaban J connectivity index is 2.79. The second kappa shape index (κ2) is 3.41. The van der Waals surface area contributed by atoms with Gasteiger partial charge in [0.2, 0.25) is 0 Å². The monoisotopic (exact) mass is 130 g/mol. The van der Waals surface area contributed by atoms with E-state index in [-0.39, 0.29) is 0 Å². The molecule has 0 aliphatic rings. The Morgan fingerprint density at radius 1 is 1.30 bits per heavy atom. The number of rotatable bonds is 1. The van der Waals surface area contributed by atoms with Gasteiger partial charge in [-0.1, -0.05) is 30.3 Å². The molecule has 10 heavy (non-hydrogen) atoms. The van der Waals surface area contributed by atoms with Gasteiger partial charge < -0.3 is 0 Å². The van der Waals surface area contributed by atoms with E-state index in [2.05, 4.69) is 4.99 Å². The van der Waals surface area contributed by atoms with Crippen molar-refractivity contribution < 1.29 is 0 Å². The number of nitrogens with zero attached hydrogens (tertiary/aromatic N) is 2. The summed E-state index contributed by atoms with van der Waals surface area (Å²) in [6.07, 6.45) is 3.21. The zero-order valence-corrected chi connectivity index (χ0v) is 5.36. The lowest BCUT2D eigenvalue weighted by Gasteiger charge is -1.82. The highest BCUT2D eigenvalue weighted by Crippen LogP contribution is 1.91. The molecule has 1 radical (unpaired) electrons. The smallest absolute Gasteiger partial charge is 0.0622 e. The fraction of sp³-hybridized carbons (Fsp3) is 0. The van der Waals surface area contributed by atoms with Crippen molar-refractivity contribution in [3.8, 4) is 6.19 Å². The molecule has 0 atom stereocenters. The first-order valence-electron chi connectivity index (χ1n) is 2.90. The molecule has 1 aromatic rings. The van der Waals surface area contributed by atoms with Gasteiger partial charge in [-0.3, -0.25) is 0 Å². The third-order valence-corrected chi connectivity index (χ3v) is 1.07. The van der Waals surface area contributed by atoms with Crippen molar-refractivity contribution in [1.82, 2.24) is 4.99 Å². The van der Waals surface area contributed by atoms with Gasteiger partial charge in [-0.2, -0.15) is 0 Å². The molecule has 0 fully saturated rings. The summed E-state index contributed by atoms with van der Waals surface area (Å²) in [6.45, 7) is 0. The molecule has 1 rings (SSSR count). The fourth-order valence-electron chi connectivity index (χ4n) is 0.643. The van der Waals surface area contributed by atoms with Crippen molar-refractivity contribution in [2.24, 2.45) is 0 Å². The number of hydrogen-bond acceptors (Lipinski definition) is 2. The second-order valence-corrected chi connectivity index (χ2v) is 1.77. The van der Waals surface area contributed by atoms with Gasteiger partial charge in [0.25, 0.3) is 0 Å². The van der Waals surface area contributed by atoms with Crippen LogP contribution in [0.1, 0.15) is 5.56 Å². The summed E-state index contributed by atoms with van der Waals surface area (Å²) in [6, 6.07) is 9.50. The third kappa shape index (κ3) is 1.71. The lowest BCUT2D eigenvalue weighted by atomic mass is 10.2. The van der Waals surface area contributed by atoms with E-state index in [0.717, 1.165) is 5.56 Å². The second-order valence-electron chi connectivity index (χ2n) is 1.77. The molecule has 0 aromatic heterocycles. The predicted molar refractivity (Wildman–Crippen MR) is 39.4 cm³/mol. The van der Waals surface area contributed by atoms with Crippen LogP contribution in [0.2, 0.25) is 0 Å². The molecular weight excluding hydrogens is 124 g/mol. The van der Waals surface area contributed by atoms with Gasteiger partial charge in [-0.15, -0.1) is 0 Å². The van der Waals surface area contributed by atoms with Crippen molar-refractivity contribution in [2.45, 2.75) is 0 Å². The van der Waals surface area contributed by atoms with Crippen LogP contribution in [-0.2, 0) is 0 Å². The average Bonchev–Trinajstić information content (AvgIpc) is 2.03. The highest BCUT2D eigenvalue weighted by Gasteiger charge is 1.86. The highest BCUT2D eigenvalue weighted by molar-refractivity contribution is 5.78. The normalized spacial score (nSPS) is 9.50. The molecule has 0 unspecified atom stereocenters. The number of hydrogen-bond donors (Lipinski definition) is 0. The molecule has 0 amide bonds. The van der Waals surface area contributed by atoms with E-state index >= 15 is 0 Å². The van der Waals surface area contributed by atoms with E-state index in [0.29, 0.717) is 0 Å². The van der Waals surface area contributed by atoms with E-state index < -0.39 is 0 Å². The number of aliphatic imine (C=N–C) groups is 1. The zero-order chi connectivity index (χ0) is 7.23. The SMILES string of the molecule is N#C[N+]=Cc1ccccc1. The quantitative estimate of drug-likeness (QED) is 0.411. The summed E-state index contributed by atoms with van der Waals surface area (Å²) in [5.74, 6) is 0. The minimum absolute atomic E-state index is 0.948. The molecule has 1 aromatic carbocycles. The first-order chi connectivity index (χ1) is 4.93. The molecule has 0 heterocycles. The number of benzene rings is 1. The predicted octanol–water partition coefficient (Wildman–Crippen LogP) is 0.922. The Hall–Kier alpha value is -1.62. The van der Waals surface area contributed by atoms with Crippen molar-refractivity contribution in [1.29, 1.82) is 5.26 Å². The first-order valence-corrected chi connectivity index (χ1v) is 2.90. The Kier molecular flexibility index (Phi) is 2.22. The fourth-order valence-corrected chi connectivity index (χ4v) is 0.643. The van der Waals surface area contributed by atoms with Crippen molar-refractivity contribution in [3.63, 3.8) is 0 Å². The molecule has 0 aliphatic heterocycles. The minimum Gasteiger partial charge on any atom is -0.0622 e. The van der Waals surface area contributed by atoms with Gasteiger partial charge in [0, 0.05) is 10.6 Å². The van der Waals surface area contributed by atoms with Gasteiger partial charge in [0.15, 0.2) is 11.5 Å². The van der Waals surface area contributed by atoms with Crippen molar-refractivity contribution in [2.75, 3.05) is 0 Å². The Labute approximate surface area is 59.4 Å². The third-order valence-electron chi connectivity index (χ3n) is 1.07. The van der Waals surface area contributed by atoms with E-state index in [9.17, 15) is 0 Å². The molecule has 47 valence electrons. The lowest BCUT2D eigenvalue weighted by molar-refractivity contribution is 1.35. The summed E-state index contributed by atoms with van der Waals surface area (Å²) in [4.78, 5) is 3.42. The summed E-state index contributed by atoms with van der Waals surface area (Å²) in [5.41, 5.74) is 0.948. The standard InChI is InChI=1S/C8H6N2/c9-7-10-6-8-4-2-1-3-5-8/h1-6H/q+1. The average molecular weight is 130 g/mol. The van der Waals surface area contributed by atoms with Gasteiger partial charge in [-0.05, 0) is 0 Å². The maximum atomic E-state index is 8.08. The Morgan fingerprint density at radius 2 is 2.00 bits per heavy atom. The zero-order valence-electron chi connectivity index (χ0n) is 5.36. The van der Waals surface area contributed by atoms with E-state index in [1.54, 1.807) is 6.19 Å². The summed E-state index contributed by atoms with van der Waals surface area (Å²) < 4.78 is 0. The topological polar surface area (TPSA) is 37.9 Å². The van der Waals surface area contributed by atoms with Crippen LogP contribution >= 0.6 is 0 Å². The van der Waals surface area contributed by atoms with Gasteiger partial charge in [0.1, 0.15) is 0 Å². The molecule has 0 spiro atoms. The van der Waals surface area contributed by atoms with Gasteiger partial charge in [0.05, 0.1) is 0 Å². The van der Waals surface area contributed by atoms with Crippen LogP contribution in [0, 0.1) is 11.5 Å². The van der Waals surface area contributed by atoms with E-state index in [4.69, 9.17) is 5.26 Å². The van der Waals surface area contributed by atoms with Crippen LogP contribution in [0.5, 0.6) is 0 Å². The molecular formula is C8H6N2+. The van der Waals surface area contributed by atoms with E-state index in [1.165, 1.54) is 6.21 Å². The van der Waals surface area contributed by atoms with Crippen LogP contribution in [-0.4, -0.2) is 6.21 Å². The van der Waals surface area contributed by atoms with Crippen LogP contribution in [0.3, 0.4) is 0 Å². The Bertz CT molecular complexity index is 256. The molecule has 2 nitrogen and oxygen atoms in total. The maximum Gasteiger partial charge on any atom is 0.504 e. The van der Waals surface area contributed by atoms with Gasteiger partial charge in [-0.25, -0.2) is 0 Å². The highest BCUT2D eigenvalue weighted by atomic mass is 14.7. The number of nitriles is 1. The molecule has 0 saturated carbocycles. The molecule has 0 aliphatic carbocycles. The maximum absolute atomic E-state index is 8.08. The molecule has 2 heteroatoms. The van der Waals surface area contributed by atoms with E-state index in [1.807, 2.05) is 30.3 Å². The van der Waals surface area contributed by atoms with Crippen LogP contribution < -0.4 is 4.99 Å². The molecule has 0 bridgehead atoms. The van der Waals surface area contributed by atoms with Crippen LogP contribution in [0.15, 0.2) is 30.3 Å². The first kappa shape index (κ1) is 6.50. The van der Waals surface area contributed by atoms with Gasteiger partial charge >= 0.3 is 6.19 Å². The lowest BCUT2D eigenvalue weighted by Crippen LogP contribution is -1.84. The summed E-state index contributed by atoms with van der Waals surface area (Å²) >= 11 is 0. The molecule has 0 saturated heterocycles. The van der Waals surface area contributed by atoms with Crippen molar-refractivity contribution in [3.05, 3.63) is 35.9 Å². The minimum atomic E-state index is 0.948. The Morgan fingerprint density at radius 3 is 2.60 bits per heavy atom. The van der Waals surface area contributed by atoms with Crippen molar-refractivity contribution >= 4 is 6.21 Å². The largest absolute Gasteiger partial charge is 0.504 e. The summed E-state index contributed by atoms with van der Waals surface area (Å²) in [7, 11) is 0. The van der Waals surface area contributed by atoms with Crippen LogP contribution in [0.4, 0.5) is 0 Å². The summed E-state index contributed by atoms with van der Waals surface area (Å²) in [5, 5.41) is 8.08. The van der Waals surface area contributed by atoms with Crippen LogP contribution in [0.25, 0.3) is 0 Å².